The quantitative estimate of drug-likeness (QED) is 0.625. The lowest BCUT2D eigenvalue weighted by Gasteiger charge is -2.00. The van der Waals surface area contributed by atoms with Crippen molar-refractivity contribution in [3.05, 3.63) is 45.0 Å². The van der Waals surface area contributed by atoms with Crippen molar-refractivity contribution in [2.75, 3.05) is 0 Å². The van der Waals surface area contributed by atoms with Gasteiger partial charge in [-0.3, -0.25) is 9.20 Å². The zero-order valence-electron chi connectivity index (χ0n) is 8.45. The van der Waals surface area contributed by atoms with Crippen LogP contribution in [0.15, 0.2) is 33.9 Å². The Morgan fingerprint density at radius 2 is 2.18 bits per heavy atom. The molecule has 3 rings (SSSR count). The van der Waals surface area contributed by atoms with Gasteiger partial charge in [-0.1, -0.05) is 0 Å². The smallest absolute Gasteiger partial charge is 0.266 e. The number of fused-ring (bicyclic) bond motifs is 2. The Labute approximate surface area is 106 Å². The van der Waals surface area contributed by atoms with Crippen LogP contribution in [0, 0.1) is 11.3 Å². The van der Waals surface area contributed by atoms with E-state index in [0.717, 1.165) is 0 Å². The molecule has 4 nitrogen and oxygen atoms in total. The van der Waals surface area contributed by atoms with E-state index in [4.69, 9.17) is 5.26 Å². The average molecular weight is 264 g/mol. The van der Waals surface area contributed by atoms with E-state index < -0.39 is 0 Å². The van der Waals surface area contributed by atoms with Gasteiger partial charge >= 0.3 is 0 Å². The van der Waals surface area contributed by atoms with Crippen molar-refractivity contribution in [2.45, 2.75) is 0 Å². The number of thiophene rings is 1. The molecule has 0 N–H and O–H groups in total. The van der Waals surface area contributed by atoms with Gasteiger partial charge in [0, 0.05) is 17.0 Å². The summed E-state index contributed by atoms with van der Waals surface area (Å²) in [6.45, 7) is 0. The van der Waals surface area contributed by atoms with Crippen LogP contribution in [-0.2, 0) is 0 Å². The van der Waals surface area contributed by atoms with Crippen molar-refractivity contribution in [2.24, 2.45) is 0 Å². The van der Waals surface area contributed by atoms with E-state index in [1.165, 1.54) is 21.9 Å². The third-order valence-electron chi connectivity index (χ3n) is 2.38. The summed E-state index contributed by atoms with van der Waals surface area (Å²) in [5.41, 5.74) is 1.60. The Hall–Kier alpha value is -1.90. The second kappa shape index (κ2) is 4.17. The van der Waals surface area contributed by atoms with Gasteiger partial charge in [0.25, 0.3) is 5.56 Å². The van der Waals surface area contributed by atoms with Crippen LogP contribution in [0.5, 0.6) is 0 Å². The number of nitriles is 1. The van der Waals surface area contributed by atoms with Crippen LogP contribution < -0.4 is 5.56 Å². The lowest BCUT2D eigenvalue weighted by atomic mass is 10.3. The molecule has 0 spiro atoms. The molecule has 0 bridgehead atoms. The molecular weight excluding hydrogens is 258 g/mol. The molecule has 0 unspecified atom stereocenters. The first kappa shape index (κ1) is 11.6. The summed E-state index contributed by atoms with van der Waals surface area (Å²) < 4.78 is 1.41. The molecule has 3 heterocycles. The monoisotopic (exact) mass is 263 g/mol. The highest BCUT2D eigenvalue weighted by molar-refractivity contribution is 7.09. The van der Waals surface area contributed by atoms with Crippen molar-refractivity contribution < 1.29 is 0 Å². The highest BCUT2D eigenvalue weighted by atomic mass is 35.5. The molecule has 3 aromatic heterocycles. The van der Waals surface area contributed by atoms with Crippen molar-refractivity contribution in [1.29, 1.82) is 5.26 Å². The molecule has 17 heavy (non-hydrogen) atoms. The molecule has 0 radical (unpaired) electrons. The molecule has 0 aliphatic heterocycles. The third-order valence-corrected chi connectivity index (χ3v) is 3.11. The minimum absolute atomic E-state index is 0. The maximum absolute atomic E-state index is 12.0. The molecule has 3 aromatic rings. The molecule has 0 amide bonds. The van der Waals surface area contributed by atoms with Crippen molar-refractivity contribution in [3.8, 4) is 6.07 Å². The number of halogens is 1. The van der Waals surface area contributed by atoms with Gasteiger partial charge in [0.2, 0.25) is 0 Å². The van der Waals surface area contributed by atoms with Crippen LogP contribution in [0.1, 0.15) is 5.56 Å². The summed E-state index contributed by atoms with van der Waals surface area (Å²) in [6, 6.07) is 5.33. The summed E-state index contributed by atoms with van der Waals surface area (Å²) in [5, 5.41) is 13.0. The predicted octanol–water partition coefficient (Wildman–Crippen LogP) is 2.20. The maximum atomic E-state index is 12.0. The number of hydrogen-bond acceptors (Lipinski definition) is 4. The lowest BCUT2D eigenvalue weighted by Crippen LogP contribution is -2.14. The average Bonchev–Trinajstić information content (AvgIpc) is 2.77. The van der Waals surface area contributed by atoms with E-state index in [1.54, 1.807) is 17.5 Å². The zero-order chi connectivity index (χ0) is 11.1. The zero-order valence-corrected chi connectivity index (χ0v) is 10.1. The molecule has 6 heteroatoms. The van der Waals surface area contributed by atoms with Gasteiger partial charge in [0.15, 0.2) is 0 Å². The van der Waals surface area contributed by atoms with Gasteiger partial charge in [-0.15, -0.1) is 23.7 Å². The van der Waals surface area contributed by atoms with Crippen molar-refractivity contribution >= 4 is 40.3 Å². The second-order valence-electron chi connectivity index (χ2n) is 3.35. The first-order chi connectivity index (χ1) is 7.79. The molecule has 0 aromatic carbocycles. The Morgan fingerprint density at radius 3 is 2.94 bits per heavy atom. The minimum atomic E-state index is -0.127. The topological polar surface area (TPSA) is 58.2 Å². The van der Waals surface area contributed by atoms with E-state index >= 15 is 0 Å². The molecule has 0 aliphatic rings. The summed E-state index contributed by atoms with van der Waals surface area (Å²) >= 11 is 1.45. The van der Waals surface area contributed by atoms with Crippen molar-refractivity contribution in [1.82, 2.24) is 9.38 Å². The summed E-state index contributed by atoms with van der Waals surface area (Å²) in [6.07, 6.45) is 1.52. The fourth-order valence-corrected chi connectivity index (χ4v) is 2.34. The molecular formula is C11H6ClN3OS. The first-order valence-corrected chi connectivity index (χ1v) is 5.52. The van der Waals surface area contributed by atoms with Crippen LogP contribution in [0.4, 0.5) is 0 Å². The van der Waals surface area contributed by atoms with Crippen molar-refractivity contribution in [3.63, 3.8) is 0 Å². The molecule has 0 fully saturated rings. The molecule has 0 aliphatic carbocycles. The van der Waals surface area contributed by atoms with E-state index in [1.807, 2.05) is 11.4 Å². The van der Waals surface area contributed by atoms with Crippen LogP contribution in [0.2, 0.25) is 0 Å². The molecule has 84 valence electrons. The third kappa shape index (κ3) is 1.68. The number of aromatic nitrogens is 2. The minimum Gasteiger partial charge on any atom is -0.268 e. The highest BCUT2D eigenvalue weighted by Crippen LogP contribution is 2.14. The summed E-state index contributed by atoms with van der Waals surface area (Å²) in [7, 11) is 0. The number of hydrogen-bond donors (Lipinski definition) is 0. The van der Waals surface area contributed by atoms with Gasteiger partial charge in [0.05, 0.1) is 16.5 Å². The number of nitrogens with zero attached hydrogens (tertiary/aromatic N) is 3. The second-order valence-corrected chi connectivity index (χ2v) is 4.09. The Bertz CT molecular complexity index is 800. The standard InChI is InChI=1S/C11H5N3OS.ClH/c12-3-7-1-2-10-13-9-6-16-5-8(9)11(15)14(10)4-7;/h1-2,4-6H;1H. The Balaban J connectivity index is 0.00000108. The summed E-state index contributed by atoms with van der Waals surface area (Å²) in [5.74, 6) is 0. The van der Waals surface area contributed by atoms with E-state index in [9.17, 15) is 4.79 Å². The Kier molecular flexibility index (Phi) is 2.84. The highest BCUT2D eigenvalue weighted by Gasteiger charge is 2.06. The fraction of sp³-hybridized carbons (Fsp3) is 0. The van der Waals surface area contributed by atoms with Crippen LogP contribution in [-0.4, -0.2) is 9.38 Å². The van der Waals surface area contributed by atoms with Crippen LogP contribution >= 0.6 is 23.7 Å². The fourth-order valence-electron chi connectivity index (χ4n) is 1.60. The van der Waals surface area contributed by atoms with Gasteiger partial charge in [-0.2, -0.15) is 5.26 Å². The van der Waals surface area contributed by atoms with Crippen LogP contribution in [0.3, 0.4) is 0 Å². The van der Waals surface area contributed by atoms with Gasteiger partial charge in [0.1, 0.15) is 11.7 Å². The maximum Gasteiger partial charge on any atom is 0.266 e. The Morgan fingerprint density at radius 1 is 1.35 bits per heavy atom. The predicted molar refractivity (Wildman–Crippen MR) is 68.8 cm³/mol. The lowest BCUT2D eigenvalue weighted by molar-refractivity contribution is 1.07. The van der Waals surface area contributed by atoms with Gasteiger partial charge in [-0.05, 0) is 12.1 Å². The SMILES string of the molecule is Cl.N#Cc1ccc2nc3cscc3c(=O)n2c1. The normalized spacial score (nSPS) is 10.1. The molecule has 0 saturated carbocycles. The molecule has 0 atom stereocenters. The van der Waals surface area contributed by atoms with Gasteiger partial charge < -0.3 is 0 Å². The number of pyridine rings is 1. The first-order valence-electron chi connectivity index (χ1n) is 4.58. The van der Waals surface area contributed by atoms with E-state index in [2.05, 4.69) is 4.98 Å². The largest absolute Gasteiger partial charge is 0.268 e. The number of rotatable bonds is 0. The van der Waals surface area contributed by atoms with E-state index in [0.29, 0.717) is 22.1 Å². The molecule has 0 saturated heterocycles. The summed E-state index contributed by atoms with van der Waals surface area (Å²) in [4.78, 5) is 16.4. The van der Waals surface area contributed by atoms with Crippen LogP contribution in [0.25, 0.3) is 16.6 Å². The van der Waals surface area contributed by atoms with E-state index in [-0.39, 0.29) is 18.0 Å². The van der Waals surface area contributed by atoms with Gasteiger partial charge in [-0.25, -0.2) is 4.98 Å².